The van der Waals surface area contributed by atoms with Crippen molar-refractivity contribution >= 4 is 20.9 Å². The van der Waals surface area contributed by atoms with Crippen LogP contribution in [0, 0.1) is 11.5 Å². The SMILES string of the molecule is CCn1c(=O)c2cc(S(=O)(=O)[N+]#CC3(C)CO[C@H]3C)ccc2n(CC)c1=O. The van der Waals surface area contributed by atoms with Gasteiger partial charge < -0.3 is 4.74 Å². The molecule has 27 heavy (non-hydrogen) atoms. The van der Waals surface area contributed by atoms with Crippen LogP contribution in [0.15, 0.2) is 32.7 Å². The molecule has 1 fully saturated rings. The highest BCUT2D eigenvalue weighted by atomic mass is 32.2. The molecule has 144 valence electrons. The number of nitrogens with zero attached hydrogens (tertiary/aromatic N) is 3. The summed E-state index contributed by atoms with van der Waals surface area (Å²) in [5.41, 5.74) is -1.08. The van der Waals surface area contributed by atoms with E-state index in [4.69, 9.17) is 4.74 Å². The Balaban J connectivity index is 2.19. The van der Waals surface area contributed by atoms with Crippen molar-refractivity contribution in [3.8, 4) is 6.07 Å². The van der Waals surface area contributed by atoms with E-state index in [1.165, 1.54) is 22.8 Å². The van der Waals surface area contributed by atoms with Crippen LogP contribution in [0.1, 0.15) is 27.7 Å². The summed E-state index contributed by atoms with van der Waals surface area (Å²) in [6.07, 6.45) is -0.163. The lowest BCUT2D eigenvalue weighted by Gasteiger charge is -2.36. The monoisotopic (exact) mass is 392 g/mol. The molecule has 0 N–H and O–H groups in total. The van der Waals surface area contributed by atoms with Gasteiger partial charge in [-0.15, -0.1) is 8.42 Å². The molecule has 0 bridgehead atoms. The molecule has 9 heteroatoms. The van der Waals surface area contributed by atoms with E-state index < -0.39 is 26.7 Å². The van der Waals surface area contributed by atoms with Gasteiger partial charge in [0, 0.05) is 13.1 Å². The first-order valence-electron chi connectivity index (χ1n) is 8.77. The third-order valence-electron chi connectivity index (χ3n) is 5.08. The standard InChI is InChI=1S/C18H22N3O5S/c1-5-20-15-8-7-13(9-14(15)16(22)21(6-2)17(20)23)27(24,25)19-10-18(4)11-26-12(18)3/h7-9,12H,5-6,11H2,1-4H3/q+1/t12-,18?/m0/s1. The molecule has 1 saturated heterocycles. The number of sulfonamides is 1. The van der Waals surface area contributed by atoms with Crippen LogP contribution in [0.4, 0.5) is 0 Å². The fourth-order valence-corrected chi connectivity index (χ4v) is 3.93. The van der Waals surface area contributed by atoms with Gasteiger partial charge in [0.25, 0.3) is 5.56 Å². The highest BCUT2D eigenvalue weighted by Gasteiger charge is 2.46. The van der Waals surface area contributed by atoms with Crippen molar-refractivity contribution in [2.45, 2.75) is 51.8 Å². The molecule has 1 aliphatic rings. The summed E-state index contributed by atoms with van der Waals surface area (Å²) < 4.78 is 36.7. The summed E-state index contributed by atoms with van der Waals surface area (Å²) in [6.45, 7) is 8.05. The fraction of sp³-hybridized carbons (Fsp3) is 0.500. The van der Waals surface area contributed by atoms with Gasteiger partial charge in [0.1, 0.15) is 0 Å². The first-order chi connectivity index (χ1) is 12.6. The Morgan fingerprint density at radius 2 is 1.93 bits per heavy atom. The lowest BCUT2D eigenvalue weighted by Crippen LogP contribution is -2.46. The molecule has 3 rings (SSSR count). The average Bonchev–Trinajstić information content (AvgIpc) is 2.65. The zero-order valence-electron chi connectivity index (χ0n) is 15.7. The molecular weight excluding hydrogens is 370 g/mol. The van der Waals surface area contributed by atoms with Crippen molar-refractivity contribution in [3.05, 3.63) is 43.3 Å². The van der Waals surface area contributed by atoms with Crippen molar-refractivity contribution < 1.29 is 13.2 Å². The molecular formula is C18H22N3O5S+. The van der Waals surface area contributed by atoms with E-state index >= 15 is 0 Å². The van der Waals surface area contributed by atoms with Gasteiger partial charge in [-0.05, 0) is 45.9 Å². The fourth-order valence-electron chi connectivity index (χ4n) is 2.99. The van der Waals surface area contributed by atoms with Gasteiger partial charge >= 0.3 is 21.8 Å². The van der Waals surface area contributed by atoms with Crippen molar-refractivity contribution in [1.82, 2.24) is 9.13 Å². The first-order valence-corrected chi connectivity index (χ1v) is 10.2. The predicted octanol–water partition coefficient (Wildman–Crippen LogP) is 1.65. The molecule has 2 aromatic rings. The van der Waals surface area contributed by atoms with Crippen molar-refractivity contribution in [2.75, 3.05) is 6.61 Å². The van der Waals surface area contributed by atoms with Crippen LogP contribution in [-0.4, -0.2) is 30.3 Å². The van der Waals surface area contributed by atoms with E-state index in [2.05, 4.69) is 10.3 Å². The minimum atomic E-state index is -4.03. The molecule has 2 heterocycles. The summed E-state index contributed by atoms with van der Waals surface area (Å²) in [5.74, 6) is 0. The summed E-state index contributed by atoms with van der Waals surface area (Å²) in [7, 11) is -4.03. The quantitative estimate of drug-likeness (QED) is 0.792. The van der Waals surface area contributed by atoms with Gasteiger partial charge in [0.05, 0.1) is 27.9 Å². The normalized spacial score (nSPS) is 22.1. The largest absolute Gasteiger partial charge is 0.510 e. The Hall–Kier alpha value is -2.44. The molecule has 1 aromatic carbocycles. The lowest BCUT2D eigenvalue weighted by atomic mass is 9.83. The van der Waals surface area contributed by atoms with Crippen LogP contribution in [0.3, 0.4) is 0 Å². The van der Waals surface area contributed by atoms with Gasteiger partial charge in [0.2, 0.25) is 0 Å². The zero-order chi connectivity index (χ0) is 20.0. The Morgan fingerprint density at radius 3 is 2.44 bits per heavy atom. The highest BCUT2D eigenvalue weighted by molar-refractivity contribution is 7.93. The molecule has 0 radical (unpaired) electrons. The third kappa shape index (κ3) is 3.09. The smallest absolute Gasteiger partial charge is 0.375 e. The maximum Gasteiger partial charge on any atom is 0.510 e. The van der Waals surface area contributed by atoms with Crippen LogP contribution in [-0.2, 0) is 27.8 Å². The average molecular weight is 392 g/mol. The van der Waals surface area contributed by atoms with E-state index in [-0.39, 0.29) is 22.9 Å². The third-order valence-corrected chi connectivity index (χ3v) is 6.26. The van der Waals surface area contributed by atoms with Crippen LogP contribution in [0.2, 0.25) is 0 Å². The van der Waals surface area contributed by atoms with E-state index in [1.54, 1.807) is 13.8 Å². The topological polar surface area (TPSA) is 91.7 Å². The van der Waals surface area contributed by atoms with Crippen molar-refractivity contribution in [2.24, 2.45) is 5.41 Å². The minimum Gasteiger partial charge on any atom is -0.375 e. The van der Waals surface area contributed by atoms with E-state index in [9.17, 15) is 18.0 Å². The summed E-state index contributed by atoms with van der Waals surface area (Å²) in [4.78, 5) is 24.9. The van der Waals surface area contributed by atoms with Crippen LogP contribution in [0.25, 0.3) is 15.2 Å². The van der Waals surface area contributed by atoms with Crippen molar-refractivity contribution in [3.63, 3.8) is 0 Å². The maximum atomic E-state index is 12.6. The summed E-state index contributed by atoms with van der Waals surface area (Å²) in [6, 6.07) is 6.78. The predicted molar refractivity (Wildman–Crippen MR) is 102 cm³/mol. The van der Waals surface area contributed by atoms with Crippen LogP contribution >= 0.6 is 0 Å². The molecule has 0 amide bonds. The number of benzene rings is 1. The van der Waals surface area contributed by atoms with Gasteiger partial charge in [-0.1, -0.05) is 0 Å². The molecule has 8 nitrogen and oxygen atoms in total. The number of hydrogen-bond acceptors (Lipinski definition) is 5. The van der Waals surface area contributed by atoms with E-state index in [0.29, 0.717) is 18.7 Å². The molecule has 0 saturated carbocycles. The van der Waals surface area contributed by atoms with Crippen LogP contribution < -0.4 is 11.2 Å². The van der Waals surface area contributed by atoms with Gasteiger partial charge in [-0.2, -0.15) is 0 Å². The van der Waals surface area contributed by atoms with Crippen molar-refractivity contribution in [1.29, 1.82) is 0 Å². The van der Waals surface area contributed by atoms with E-state index in [0.717, 1.165) is 4.57 Å². The van der Waals surface area contributed by atoms with Gasteiger partial charge in [0.15, 0.2) is 10.3 Å². The number of rotatable bonds is 3. The van der Waals surface area contributed by atoms with Gasteiger partial charge in [-0.25, -0.2) is 4.79 Å². The number of aromatic nitrogens is 2. The Bertz CT molecular complexity index is 1200. The lowest BCUT2D eigenvalue weighted by molar-refractivity contribution is -0.134. The Kier molecular flexibility index (Phi) is 4.74. The van der Waals surface area contributed by atoms with E-state index in [1.807, 2.05) is 13.8 Å². The molecule has 1 unspecified atom stereocenters. The number of ether oxygens (including phenoxy) is 1. The second-order valence-electron chi connectivity index (χ2n) is 6.80. The van der Waals surface area contributed by atoms with Gasteiger partial charge in [-0.3, -0.25) is 13.9 Å². The minimum absolute atomic E-state index is 0.111. The zero-order valence-corrected chi connectivity index (χ0v) is 16.5. The highest BCUT2D eigenvalue weighted by Crippen LogP contribution is 2.34. The van der Waals surface area contributed by atoms with Crippen LogP contribution in [0.5, 0.6) is 0 Å². The second kappa shape index (κ2) is 6.62. The number of aryl methyl sites for hydroxylation is 1. The Morgan fingerprint density at radius 1 is 1.26 bits per heavy atom. The molecule has 0 aliphatic carbocycles. The summed E-state index contributed by atoms with van der Waals surface area (Å²) >= 11 is 0. The number of hydrogen-bond donors (Lipinski definition) is 0. The second-order valence-corrected chi connectivity index (χ2v) is 8.41. The maximum absolute atomic E-state index is 12.6. The molecule has 1 aromatic heterocycles. The Labute approximate surface area is 156 Å². The molecule has 0 spiro atoms. The molecule has 2 atom stereocenters. The first kappa shape index (κ1) is 19.3. The number of fused-ring (bicyclic) bond motifs is 1. The summed E-state index contributed by atoms with van der Waals surface area (Å²) in [5, 5.41) is 0.168. The molecule has 1 aliphatic heterocycles.